The summed E-state index contributed by atoms with van der Waals surface area (Å²) in [6, 6.07) is 8.93. The van der Waals surface area contributed by atoms with Gasteiger partial charge in [0.15, 0.2) is 5.13 Å². The molecule has 0 bridgehead atoms. The van der Waals surface area contributed by atoms with E-state index in [-0.39, 0.29) is 5.91 Å². The number of nitrogens with one attached hydrogen (secondary N) is 1. The molecule has 0 aliphatic heterocycles. The summed E-state index contributed by atoms with van der Waals surface area (Å²) in [7, 11) is 0. The van der Waals surface area contributed by atoms with Gasteiger partial charge in [-0.25, -0.2) is 4.98 Å². The smallest absolute Gasteiger partial charge is 0.259 e. The number of benzene rings is 1. The van der Waals surface area contributed by atoms with E-state index in [1.165, 1.54) is 17.5 Å². The van der Waals surface area contributed by atoms with Gasteiger partial charge in [-0.05, 0) is 29.8 Å². The summed E-state index contributed by atoms with van der Waals surface area (Å²) in [5, 5.41) is 4.37. The second-order valence-electron chi connectivity index (χ2n) is 4.75. The van der Waals surface area contributed by atoms with Crippen molar-refractivity contribution in [2.45, 2.75) is 6.42 Å². The van der Waals surface area contributed by atoms with Crippen molar-refractivity contribution in [2.75, 3.05) is 5.32 Å². The lowest BCUT2D eigenvalue weighted by atomic mass is 10.1. The second kappa shape index (κ2) is 7.08. The molecule has 1 N–H and O–H groups in total. The zero-order chi connectivity index (χ0) is 16.2. The van der Waals surface area contributed by atoms with Crippen LogP contribution in [-0.2, 0) is 6.42 Å². The molecule has 0 aliphatic rings. The van der Waals surface area contributed by atoms with Gasteiger partial charge in [-0.15, -0.1) is 11.3 Å². The number of pyridine rings is 1. The molecule has 1 amide bonds. The molecule has 3 rings (SSSR count). The van der Waals surface area contributed by atoms with Crippen molar-refractivity contribution >= 4 is 45.6 Å². The average Bonchev–Trinajstić information content (AvgIpc) is 2.99. The molecule has 1 aromatic carbocycles. The van der Waals surface area contributed by atoms with Gasteiger partial charge in [-0.1, -0.05) is 29.3 Å². The Morgan fingerprint density at radius 2 is 2.04 bits per heavy atom. The van der Waals surface area contributed by atoms with E-state index >= 15 is 0 Å². The summed E-state index contributed by atoms with van der Waals surface area (Å²) < 4.78 is 0. The SMILES string of the molecule is O=C(Nc1ncc(Cc2ccc(Cl)c(Cl)c2)s1)c1cccnc1. The normalized spacial score (nSPS) is 10.5. The molecule has 3 aromatic rings. The van der Waals surface area contributed by atoms with Crippen molar-refractivity contribution in [3.8, 4) is 0 Å². The van der Waals surface area contributed by atoms with Crippen LogP contribution in [0, 0.1) is 0 Å². The molecule has 116 valence electrons. The first-order chi connectivity index (χ1) is 11.1. The number of aromatic nitrogens is 2. The number of rotatable bonds is 4. The van der Waals surface area contributed by atoms with E-state index in [0.717, 1.165) is 10.4 Å². The van der Waals surface area contributed by atoms with Crippen molar-refractivity contribution in [3.63, 3.8) is 0 Å². The molecular weight excluding hydrogens is 353 g/mol. The molecule has 0 aliphatic carbocycles. The van der Waals surface area contributed by atoms with Crippen LogP contribution in [0.4, 0.5) is 5.13 Å². The minimum absolute atomic E-state index is 0.228. The summed E-state index contributed by atoms with van der Waals surface area (Å²) in [6.45, 7) is 0. The summed E-state index contributed by atoms with van der Waals surface area (Å²) in [6.07, 6.45) is 5.55. The third-order valence-corrected chi connectivity index (χ3v) is 4.71. The molecule has 0 unspecified atom stereocenters. The number of hydrogen-bond acceptors (Lipinski definition) is 4. The third-order valence-electron chi connectivity index (χ3n) is 3.06. The van der Waals surface area contributed by atoms with Gasteiger partial charge in [0.1, 0.15) is 0 Å². The highest BCUT2D eigenvalue weighted by molar-refractivity contribution is 7.15. The molecule has 0 radical (unpaired) electrons. The maximum absolute atomic E-state index is 12.0. The zero-order valence-electron chi connectivity index (χ0n) is 11.8. The lowest BCUT2D eigenvalue weighted by molar-refractivity contribution is 0.102. The molecular formula is C16H11Cl2N3OS. The average molecular weight is 364 g/mol. The third kappa shape index (κ3) is 4.07. The van der Waals surface area contributed by atoms with Crippen molar-refractivity contribution in [1.82, 2.24) is 9.97 Å². The maximum Gasteiger partial charge on any atom is 0.259 e. The van der Waals surface area contributed by atoms with E-state index in [1.54, 1.807) is 30.6 Å². The Kier molecular flexibility index (Phi) is 4.91. The monoisotopic (exact) mass is 363 g/mol. The molecule has 0 spiro atoms. The first-order valence-corrected chi connectivity index (χ1v) is 8.29. The van der Waals surface area contributed by atoms with Crippen LogP contribution >= 0.6 is 34.5 Å². The van der Waals surface area contributed by atoms with E-state index < -0.39 is 0 Å². The Morgan fingerprint density at radius 3 is 2.78 bits per heavy atom. The molecule has 0 fully saturated rings. The first kappa shape index (κ1) is 15.9. The van der Waals surface area contributed by atoms with Crippen LogP contribution < -0.4 is 5.32 Å². The minimum Gasteiger partial charge on any atom is -0.298 e. The molecule has 0 atom stereocenters. The van der Waals surface area contributed by atoms with Gasteiger partial charge in [0, 0.05) is 29.9 Å². The highest BCUT2D eigenvalue weighted by Crippen LogP contribution is 2.26. The van der Waals surface area contributed by atoms with E-state index in [0.29, 0.717) is 27.2 Å². The molecule has 2 aromatic heterocycles. The second-order valence-corrected chi connectivity index (χ2v) is 6.68. The standard InChI is InChI=1S/C16H11Cl2N3OS/c17-13-4-3-10(7-14(13)18)6-12-9-20-16(23-12)21-15(22)11-2-1-5-19-8-11/h1-5,7-9H,6H2,(H,20,21,22). The van der Waals surface area contributed by atoms with E-state index in [9.17, 15) is 4.79 Å². The lowest BCUT2D eigenvalue weighted by Crippen LogP contribution is -2.11. The van der Waals surface area contributed by atoms with Crippen LogP contribution in [-0.4, -0.2) is 15.9 Å². The summed E-state index contributed by atoms with van der Waals surface area (Å²) in [4.78, 5) is 21.2. The van der Waals surface area contributed by atoms with Crippen molar-refractivity contribution in [2.24, 2.45) is 0 Å². The number of halogens is 2. The number of carbonyl (C=O) groups is 1. The predicted octanol–water partition coefficient (Wildman–Crippen LogP) is 4.69. The van der Waals surface area contributed by atoms with Gasteiger partial charge in [0.05, 0.1) is 15.6 Å². The molecule has 0 saturated heterocycles. The van der Waals surface area contributed by atoms with E-state index in [1.807, 2.05) is 12.1 Å². The summed E-state index contributed by atoms with van der Waals surface area (Å²) in [5.74, 6) is -0.228. The molecule has 2 heterocycles. The van der Waals surface area contributed by atoms with Crippen molar-refractivity contribution in [1.29, 1.82) is 0 Å². The van der Waals surface area contributed by atoms with Gasteiger partial charge in [-0.2, -0.15) is 0 Å². The highest BCUT2D eigenvalue weighted by atomic mass is 35.5. The number of thiazole rings is 1. The maximum atomic E-state index is 12.0. The minimum atomic E-state index is -0.228. The Bertz CT molecular complexity index is 836. The fourth-order valence-electron chi connectivity index (χ4n) is 1.96. The quantitative estimate of drug-likeness (QED) is 0.731. The molecule has 23 heavy (non-hydrogen) atoms. The van der Waals surface area contributed by atoms with Gasteiger partial charge in [-0.3, -0.25) is 15.1 Å². The summed E-state index contributed by atoms with van der Waals surface area (Å²) >= 11 is 13.3. The predicted molar refractivity (Wildman–Crippen MR) is 93.6 cm³/mol. The fraction of sp³-hybridized carbons (Fsp3) is 0.0625. The number of hydrogen-bond donors (Lipinski definition) is 1. The van der Waals surface area contributed by atoms with E-state index in [2.05, 4.69) is 15.3 Å². The molecule has 0 saturated carbocycles. The number of carbonyl (C=O) groups excluding carboxylic acids is 1. The molecule has 4 nitrogen and oxygen atoms in total. The summed E-state index contributed by atoms with van der Waals surface area (Å²) in [5.41, 5.74) is 1.53. The highest BCUT2D eigenvalue weighted by Gasteiger charge is 2.10. The van der Waals surface area contributed by atoms with Crippen LogP contribution in [0.3, 0.4) is 0 Å². The number of nitrogens with zero attached hydrogens (tertiary/aromatic N) is 2. The molecule has 7 heteroatoms. The Labute approximate surface area is 147 Å². The van der Waals surface area contributed by atoms with Crippen molar-refractivity contribution < 1.29 is 4.79 Å². The number of anilines is 1. The van der Waals surface area contributed by atoms with Gasteiger partial charge in [0.25, 0.3) is 5.91 Å². The van der Waals surface area contributed by atoms with Gasteiger partial charge in [0.2, 0.25) is 0 Å². The lowest BCUT2D eigenvalue weighted by Gasteiger charge is -2.01. The van der Waals surface area contributed by atoms with Crippen LogP contribution in [0.25, 0.3) is 0 Å². The van der Waals surface area contributed by atoms with E-state index in [4.69, 9.17) is 23.2 Å². The Morgan fingerprint density at radius 1 is 1.17 bits per heavy atom. The Balaban J connectivity index is 1.68. The van der Waals surface area contributed by atoms with Crippen LogP contribution in [0.2, 0.25) is 10.0 Å². The van der Waals surface area contributed by atoms with Crippen LogP contribution in [0.15, 0.2) is 48.9 Å². The van der Waals surface area contributed by atoms with Gasteiger partial charge >= 0.3 is 0 Å². The largest absolute Gasteiger partial charge is 0.298 e. The van der Waals surface area contributed by atoms with Gasteiger partial charge < -0.3 is 0 Å². The fourth-order valence-corrected chi connectivity index (χ4v) is 3.13. The topological polar surface area (TPSA) is 54.9 Å². The Hall–Kier alpha value is -1.95. The van der Waals surface area contributed by atoms with Crippen molar-refractivity contribution in [3.05, 3.63) is 75.0 Å². The number of amides is 1. The van der Waals surface area contributed by atoms with Crippen LogP contribution in [0.1, 0.15) is 20.8 Å². The van der Waals surface area contributed by atoms with Crippen LogP contribution in [0.5, 0.6) is 0 Å². The first-order valence-electron chi connectivity index (χ1n) is 6.72. The zero-order valence-corrected chi connectivity index (χ0v) is 14.1.